The first kappa shape index (κ1) is 13.9. The molecule has 0 saturated heterocycles. The van der Waals surface area contributed by atoms with Gasteiger partial charge in [-0.15, -0.1) is 0 Å². The van der Waals surface area contributed by atoms with Gasteiger partial charge < -0.3 is 9.30 Å². The maximum absolute atomic E-state index is 9.27. The highest BCUT2D eigenvalue weighted by atomic mass is 16.5. The lowest BCUT2D eigenvalue weighted by Gasteiger charge is -2.22. The van der Waals surface area contributed by atoms with E-state index in [0.717, 1.165) is 32.6 Å². The molecule has 0 atom stereocenters. The van der Waals surface area contributed by atoms with Gasteiger partial charge in [-0.2, -0.15) is 0 Å². The predicted molar refractivity (Wildman–Crippen MR) is 149 cm³/mol. The summed E-state index contributed by atoms with van der Waals surface area (Å²) < 4.78 is 71.3. The van der Waals surface area contributed by atoms with Crippen molar-refractivity contribution in [1.29, 1.82) is 0 Å². The van der Waals surface area contributed by atoms with Crippen LogP contribution in [0.1, 0.15) is 9.60 Å². The van der Waals surface area contributed by atoms with Gasteiger partial charge in [0, 0.05) is 27.4 Å². The third kappa shape index (κ3) is 2.73. The average molecular weight is 467 g/mol. The Morgan fingerprint density at radius 2 is 1.22 bits per heavy atom. The summed E-state index contributed by atoms with van der Waals surface area (Å²) in [7, 11) is 0. The fourth-order valence-corrected chi connectivity index (χ4v) is 5.20. The summed E-state index contributed by atoms with van der Waals surface area (Å²) in [6.07, 6.45) is 0. The van der Waals surface area contributed by atoms with Crippen LogP contribution in [0.3, 0.4) is 0 Å². The number of aromatic nitrogens is 1. The third-order valence-electron chi connectivity index (χ3n) is 6.79. The minimum Gasteiger partial charge on any atom is -0.456 e. The Kier molecular flexibility index (Phi) is 2.84. The molecule has 2 nitrogen and oxygen atoms in total. The number of benzene rings is 6. The molecule has 36 heavy (non-hydrogen) atoms. The second kappa shape index (κ2) is 7.34. The Morgan fingerprint density at radius 3 is 1.97 bits per heavy atom. The molecule has 2 heterocycles. The SMILES string of the molecule is [2H]c1c([2H])c(-c2c([2H])c([2H])c(-n3c4ccccc4c4ccccc43)c([2H])c2[2H])c([2H])c2c1Oc1cccc3cccc-2c13. The van der Waals surface area contributed by atoms with E-state index in [9.17, 15) is 1.37 Å². The number of ether oxygens (including phenoxy) is 1. The number of para-hydroxylation sites is 2. The molecule has 0 saturated carbocycles. The summed E-state index contributed by atoms with van der Waals surface area (Å²) in [5.41, 5.74) is 2.21. The molecule has 0 radical (unpaired) electrons. The van der Waals surface area contributed by atoms with Crippen molar-refractivity contribution in [2.24, 2.45) is 0 Å². The molecular formula is C34H21NO. The minimum absolute atomic E-state index is 0.0714. The molecule has 7 aromatic rings. The van der Waals surface area contributed by atoms with Crippen LogP contribution in [0.4, 0.5) is 0 Å². The summed E-state index contributed by atoms with van der Waals surface area (Å²) >= 11 is 0. The van der Waals surface area contributed by atoms with E-state index in [-0.39, 0.29) is 64.9 Å². The van der Waals surface area contributed by atoms with Gasteiger partial charge >= 0.3 is 0 Å². The first-order chi connectivity index (χ1) is 20.8. The molecule has 0 spiro atoms. The second-order valence-corrected chi connectivity index (χ2v) is 8.81. The molecule has 8 rings (SSSR count). The second-order valence-electron chi connectivity index (χ2n) is 8.81. The van der Waals surface area contributed by atoms with Gasteiger partial charge in [0.15, 0.2) is 0 Å². The lowest BCUT2D eigenvalue weighted by atomic mass is 9.92. The number of nitrogens with zero attached hydrogens (tertiary/aromatic N) is 1. The molecule has 2 heteroatoms. The van der Waals surface area contributed by atoms with E-state index in [2.05, 4.69) is 0 Å². The molecule has 1 aromatic heterocycles. The number of rotatable bonds is 2. The van der Waals surface area contributed by atoms with Crippen LogP contribution in [0.15, 0.2) is 127 Å². The van der Waals surface area contributed by atoms with E-state index in [1.54, 1.807) is 10.6 Å². The Hall–Kier alpha value is -4.82. The number of hydrogen-bond donors (Lipinski definition) is 0. The van der Waals surface area contributed by atoms with Crippen molar-refractivity contribution in [3.63, 3.8) is 0 Å². The average Bonchev–Trinajstić information content (AvgIpc) is 3.35. The van der Waals surface area contributed by atoms with Gasteiger partial charge in [0.25, 0.3) is 0 Å². The van der Waals surface area contributed by atoms with Crippen LogP contribution in [-0.4, -0.2) is 4.57 Å². The highest BCUT2D eigenvalue weighted by molar-refractivity contribution is 6.09. The molecule has 1 aliphatic rings. The van der Waals surface area contributed by atoms with Crippen molar-refractivity contribution in [2.75, 3.05) is 0 Å². The van der Waals surface area contributed by atoms with E-state index < -0.39 is 0 Å². The van der Waals surface area contributed by atoms with Gasteiger partial charge in [0.05, 0.1) is 20.6 Å². The highest BCUT2D eigenvalue weighted by Crippen LogP contribution is 2.47. The predicted octanol–water partition coefficient (Wildman–Crippen LogP) is 9.38. The topological polar surface area (TPSA) is 14.2 Å². The van der Waals surface area contributed by atoms with Crippen LogP contribution < -0.4 is 4.74 Å². The van der Waals surface area contributed by atoms with Gasteiger partial charge in [0.2, 0.25) is 0 Å². The number of hydrogen-bond acceptors (Lipinski definition) is 1. The lowest BCUT2D eigenvalue weighted by Crippen LogP contribution is -1.97. The highest BCUT2D eigenvalue weighted by Gasteiger charge is 2.20. The fraction of sp³-hybridized carbons (Fsp3) is 0. The maximum atomic E-state index is 9.27. The Labute approximate surface area is 218 Å². The van der Waals surface area contributed by atoms with E-state index >= 15 is 0 Å². The normalized spacial score (nSPS) is 14.8. The minimum atomic E-state index is -0.388. The van der Waals surface area contributed by atoms with Crippen LogP contribution in [-0.2, 0) is 0 Å². The molecule has 6 aromatic carbocycles. The molecule has 0 unspecified atom stereocenters. The zero-order valence-corrected chi connectivity index (χ0v) is 18.9. The van der Waals surface area contributed by atoms with Gasteiger partial charge in [-0.1, -0.05) is 84.9 Å². The molecule has 168 valence electrons. The van der Waals surface area contributed by atoms with E-state index in [1.165, 1.54) is 0 Å². The molecule has 0 aliphatic carbocycles. The monoisotopic (exact) mass is 466 g/mol. The molecular weight excluding hydrogens is 438 g/mol. The van der Waals surface area contributed by atoms with Crippen molar-refractivity contribution < 1.29 is 14.3 Å². The summed E-state index contributed by atoms with van der Waals surface area (Å²) in [6, 6.07) is 24.2. The van der Waals surface area contributed by atoms with Crippen LogP contribution in [0.25, 0.3) is 60.5 Å². The summed E-state index contributed by atoms with van der Waals surface area (Å²) in [6.45, 7) is 0. The maximum Gasteiger partial charge on any atom is 0.135 e. The molecule has 0 fully saturated rings. The van der Waals surface area contributed by atoms with Crippen LogP contribution in [0.5, 0.6) is 11.5 Å². The van der Waals surface area contributed by atoms with Crippen molar-refractivity contribution in [3.05, 3.63) is 127 Å². The summed E-state index contributed by atoms with van der Waals surface area (Å²) in [4.78, 5) is 0. The third-order valence-corrected chi connectivity index (χ3v) is 6.79. The smallest absolute Gasteiger partial charge is 0.135 e. The molecule has 1 aliphatic heterocycles. The first-order valence-electron chi connectivity index (χ1n) is 15.2. The standard InChI is InChI=1S/C34H21NO/c1-3-12-30-26(9-1)27-10-2-4-13-31(27)35(30)25-18-15-22(16-19-25)24-17-20-32-29(21-24)28-11-5-7-23-8-6-14-33(36-32)34(23)28/h1-21H/i15D,16D,17D,18D,19D,20D,21D. The van der Waals surface area contributed by atoms with Crippen molar-refractivity contribution in [2.45, 2.75) is 0 Å². The van der Waals surface area contributed by atoms with Crippen molar-refractivity contribution >= 4 is 32.6 Å². The van der Waals surface area contributed by atoms with Crippen molar-refractivity contribution in [1.82, 2.24) is 4.57 Å². The van der Waals surface area contributed by atoms with Crippen LogP contribution in [0.2, 0.25) is 0 Å². The van der Waals surface area contributed by atoms with E-state index in [4.69, 9.17) is 13.0 Å². The largest absolute Gasteiger partial charge is 0.456 e. The quantitative estimate of drug-likeness (QED) is 0.247. The Balaban J connectivity index is 1.45. The molecule has 0 amide bonds. The zero-order chi connectivity index (χ0) is 29.7. The molecule has 0 bridgehead atoms. The van der Waals surface area contributed by atoms with Gasteiger partial charge in [-0.05, 0) is 64.4 Å². The van der Waals surface area contributed by atoms with E-state index in [1.807, 2.05) is 78.9 Å². The summed E-state index contributed by atoms with van der Waals surface area (Å²) in [5, 5.41) is 3.51. The first-order valence-corrected chi connectivity index (χ1v) is 11.7. The number of fused-ring (bicyclic) bond motifs is 5. The Morgan fingerprint density at radius 1 is 0.556 bits per heavy atom. The van der Waals surface area contributed by atoms with Crippen molar-refractivity contribution in [3.8, 4) is 39.4 Å². The fourth-order valence-electron chi connectivity index (χ4n) is 5.20. The summed E-state index contributed by atoms with van der Waals surface area (Å²) in [5.74, 6) is 0.600. The van der Waals surface area contributed by atoms with Gasteiger partial charge in [-0.3, -0.25) is 0 Å². The zero-order valence-electron chi connectivity index (χ0n) is 25.9. The molecule has 0 N–H and O–H groups in total. The van der Waals surface area contributed by atoms with Gasteiger partial charge in [-0.25, -0.2) is 0 Å². The Bertz CT molecular complexity index is 2270. The van der Waals surface area contributed by atoms with Crippen LogP contribution >= 0.6 is 0 Å². The van der Waals surface area contributed by atoms with E-state index in [0.29, 0.717) is 16.9 Å². The lowest BCUT2D eigenvalue weighted by molar-refractivity contribution is 0.487. The van der Waals surface area contributed by atoms with Crippen LogP contribution in [0, 0.1) is 0 Å². The van der Waals surface area contributed by atoms with Gasteiger partial charge in [0.1, 0.15) is 11.5 Å².